The Morgan fingerprint density at radius 1 is 1.50 bits per heavy atom. The Bertz CT molecular complexity index is 56.9. The quantitative estimate of drug-likeness (QED) is 0.292. The molecule has 0 aliphatic carbocycles. The average Bonchev–Trinajstić information content (AvgIpc) is 0.722. The summed E-state index contributed by atoms with van der Waals surface area (Å²) in [5.41, 5.74) is 0. The van der Waals surface area contributed by atoms with Gasteiger partial charge in [0.05, 0.1) is 0 Å². The molecule has 0 saturated heterocycles. The third-order valence-electron chi connectivity index (χ3n) is 0. The Morgan fingerprint density at radius 2 is 1.50 bits per heavy atom. The van der Waals surface area contributed by atoms with E-state index >= 15 is 0 Å². The van der Waals surface area contributed by atoms with Crippen LogP contribution in [0.2, 0.25) is 0 Å². The maximum atomic E-state index is 8.99. The fourth-order valence-corrected chi connectivity index (χ4v) is 0. The Labute approximate surface area is 65.9 Å². The molecule has 6 heavy (non-hydrogen) atoms. The first kappa shape index (κ1) is 10.4. The molecule has 0 atom stereocenters. The van der Waals surface area contributed by atoms with Crippen LogP contribution in [0, 0.1) is 6.66 Å². The molecule has 0 aromatic rings. The molecule has 1 radical (unpaired) electrons. The molecule has 0 saturated carbocycles. The first-order valence-electron chi connectivity index (χ1n) is 0.864. The molecule has 0 fully saturated rings. The van der Waals surface area contributed by atoms with Crippen LogP contribution in [0.15, 0.2) is 0 Å². The molecule has 0 aliphatic heterocycles. The van der Waals surface area contributed by atoms with Crippen LogP contribution in [0.3, 0.4) is 0 Å². The Kier molecular flexibility index (Phi) is 5.92. The molecular formula is CH2CaO3P. The zero-order chi connectivity index (χ0) is 4.50. The maximum absolute atomic E-state index is 8.99. The summed E-state index contributed by atoms with van der Waals surface area (Å²) >= 11 is 0. The summed E-state index contributed by atoms with van der Waals surface area (Å²) in [5.74, 6) is 0. The van der Waals surface area contributed by atoms with E-state index in [-0.39, 0.29) is 37.7 Å². The minimum Gasteiger partial charge on any atom is -0.811 e. The average molecular weight is 133 g/mol. The third-order valence-corrected chi connectivity index (χ3v) is 0. The van der Waals surface area contributed by atoms with Gasteiger partial charge >= 0.3 is 37.7 Å². The number of hydrogen-bond donors (Lipinski definition) is 0. The van der Waals surface area contributed by atoms with Crippen LogP contribution in [-0.4, -0.2) is 37.7 Å². The molecule has 0 bridgehead atoms. The number of hydrogen-bond acceptors (Lipinski definition) is 3. The van der Waals surface area contributed by atoms with Gasteiger partial charge in [0.1, 0.15) is 0 Å². The van der Waals surface area contributed by atoms with Crippen LogP contribution in [0.25, 0.3) is 0 Å². The Hall–Kier alpha value is 1.41. The number of rotatable bonds is 0. The van der Waals surface area contributed by atoms with E-state index in [0.717, 1.165) is 0 Å². The summed E-state index contributed by atoms with van der Waals surface area (Å²) in [7, 11) is -4.39. The fourth-order valence-electron chi connectivity index (χ4n) is 0. The summed E-state index contributed by atoms with van der Waals surface area (Å²) < 4.78 is 8.99. The SMILES string of the molecule is [CH2]P(=O)([O-])[O-].[Ca+2]. The van der Waals surface area contributed by atoms with Crippen LogP contribution >= 0.6 is 7.60 Å². The van der Waals surface area contributed by atoms with Crippen molar-refractivity contribution in [2.24, 2.45) is 0 Å². The van der Waals surface area contributed by atoms with Crippen LogP contribution in [0.5, 0.6) is 0 Å². The molecule has 3 nitrogen and oxygen atoms in total. The summed E-state index contributed by atoms with van der Waals surface area (Å²) in [5, 5.41) is 0. The zero-order valence-electron chi connectivity index (χ0n) is 3.09. The molecule has 5 heteroatoms. The fraction of sp³-hybridized carbons (Fsp3) is 0. The van der Waals surface area contributed by atoms with Gasteiger partial charge in [-0.15, -0.1) is 0 Å². The van der Waals surface area contributed by atoms with Gasteiger partial charge in [0, 0.05) is 0 Å². The molecule has 0 rings (SSSR count). The van der Waals surface area contributed by atoms with E-state index < -0.39 is 7.60 Å². The summed E-state index contributed by atoms with van der Waals surface area (Å²) in [6, 6.07) is 0. The van der Waals surface area contributed by atoms with Gasteiger partial charge in [0.15, 0.2) is 0 Å². The largest absolute Gasteiger partial charge is 2.00 e. The topological polar surface area (TPSA) is 63.2 Å². The third kappa shape index (κ3) is 52.9. The van der Waals surface area contributed by atoms with Crippen molar-refractivity contribution in [3.05, 3.63) is 6.66 Å². The minimum absolute atomic E-state index is 0. The zero-order valence-corrected chi connectivity index (χ0v) is 6.19. The van der Waals surface area contributed by atoms with Crippen molar-refractivity contribution in [2.45, 2.75) is 0 Å². The molecule has 0 amide bonds. The van der Waals surface area contributed by atoms with Crippen molar-refractivity contribution in [2.75, 3.05) is 0 Å². The second kappa shape index (κ2) is 3.42. The summed E-state index contributed by atoms with van der Waals surface area (Å²) in [6.07, 6.45) is 0. The molecule has 0 aromatic heterocycles. The molecule has 0 N–H and O–H groups in total. The van der Waals surface area contributed by atoms with Crippen molar-refractivity contribution in [3.8, 4) is 0 Å². The van der Waals surface area contributed by atoms with Crippen LogP contribution < -0.4 is 9.79 Å². The Balaban J connectivity index is 0. The van der Waals surface area contributed by atoms with Crippen molar-refractivity contribution in [3.63, 3.8) is 0 Å². The van der Waals surface area contributed by atoms with E-state index in [1.54, 1.807) is 0 Å². The first-order valence-corrected chi connectivity index (χ1v) is 2.59. The van der Waals surface area contributed by atoms with Gasteiger partial charge in [0.25, 0.3) is 0 Å². The molecule has 0 heterocycles. The van der Waals surface area contributed by atoms with E-state index in [4.69, 9.17) is 14.4 Å². The van der Waals surface area contributed by atoms with Gasteiger partial charge in [0.2, 0.25) is 0 Å². The summed E-state index contributed by atoms with van der Waals surface area (Å²) in [6.45, 7) is 2.22. The van der Waals surface area contributed by atoms with E-state index in [1.165, 1.54) is 0 Å². The van der Waals surface area contributed by atoms with Crippen LogP contribution in [-0.2, 0) is 4.57 Å². The standard InChI is InChI=1S/CH4O3P.Ca/c1-5(2,3)4;/h1H2,(H2,2,3,4);/q;+2/p-2. The molecule has 0 unspecified atom stereocenters. The van der Waals surface area contributed by atoms with E-state index in [0.29, 0.717) is 0 Å². The van der Waals surface area contributed by atoms with Gasteiger partial charge in [-0.3, -0.25) is 0 Å². The van der Waals surface area contributed by atoms with E-state index in [1.807, 2.05) is 0 Å². The van der Waals surface area contributed by atoms with Gasteiger partial charge in [-0.05, 0) is 6.66 Å². The van der Waals surface area contributed by atoms with Gasteiger partial charge in [-0.1, -0.05) is 7.60 Å². The maximum Gasteiger partial charge on any atom is 2.00 e. The van der Waals surface area contributed by atoms with Crippen LogP contribution in [0.4, 0.5) is 0 Å². The van der Waals surface area contributed by atoms with Crippen molar-refractivity contribution in [1.29, 1.82) is 0 Å². The normalized spacial score (nSPS) is 9.83. The predicted octanol–water partition coefficient (Wildman–Crippen LogP) is -1.69. The predicted molar refractivity (Wildman–Crippen MR) is 18.7 cm³/mol. The second-order valence-electron chi connectivity index (χ2n) is 0.611. The molecule has 0 aliphatic rings. The second-order valence-corrected chi connectivity index (χ2v) is 1.83. The van der Waals surface area contributed by atoms with Crippen molar-refractivity contribution in [1.82, 2.24) is 0 Å². The smallest absolute Gasteiger partial charge is 0.811 e. The monoisotopic (exact) mass is 133 g/mol. The Morgan fingerprint density at radius 3 is 1.50 bits per heavy atom. The van der Waals surface area contributed by atoms with Gasteiger partial charge in [-0.2, -0.15) is 0 Å². The molecule has 0 spiro atoms. The van der Waals surface area contributed by atoms with Crippen LogP contribution in [0.1, 0.15) is 0 Å². The van der Waals surface area contributed by atoms with Crippen molar-refractivity contribution >= 4 is 45.3 Å². The molecule has 31 valence electrons. The van der Waals surface area contributed by atoms with Gasteiger partial charge < -0.3 is 14.4 Å². The summed E-state index contributed by atoms with van der Waals surface area (Å²) in [4.78, 5) is 18.0. The van der Waals surface area contributed by atoms with Crippen molar-refractivity contribution < 1.29 is 14.4 Å². The van der Waals surface area contributed by atoms with Gasteiger partial charge in [-0.25, -0.2) is 0 Å². The van der Waals surface area contributed by atoms with E-state index in [9.17, 15) is 0 Å². The first-order chi connectivity index (χ1) is 2.00. The molecule has 0 aromatic carbocycles. The minimum atomic E-state index is -4.39. The van der Waals surface area contributed by atoms with E-state index in [2.05, 4.69) is 6.66 Å². The molecular weight excluding hydrogens is 131 g/mol.